The van der Waals surface area contributed by atoms with Gasteiger partial charge in [0.2, 0.25) is 0 Å². The average molecular weight is 205 g/mol. The molecule has 0 N–H and O–H groups in total. The van der Waals surface area contributed by atoms with E-state index in [1.54, 1.807) is 0 Å². The minimum atomic E-state index is -4.51. The predicted molar refractivity (Wildman–Crippen MR) is 36.0 cm³/mol. The molecule has 12 heavy (non-hydrogen) atoms. The van der Waals surface area contributed by atoms with Gasteiger partial charge in [-0.1, -0.05) is 0 Å². The molecular weight excluding hydrogens is 197 g/mol. The molecule has 1 aliphatic heterocycles. The standard InChI is InChI=1S/C6H8ClF3O2/c1-5(6(8,9)10)11-3-4(2-7)12-5/h4H,2-3H2,1H3. The fraction of sp³-hybridized carbons (Fsp3) is 1.00. The van der Waals surface area contributed by atoms with Crippen LogP contribution in [0.1, 0.15) is 6.92 Å². The van der Waals surface area contributed by atoms with E-state index in [-0.39, 0.29) is 12.5 Å². The van der Waals surface area contributed by atoms with Crippen LogP contribution < -0.4 is 0 Å². The van der Waals surface area contributed by atoms with Gasteiger partial charge in [0.1, 0.15) is 0 Å². The van der Waals surface area contributed by atoms with Gasteiger partial charge in [-0.2, -0.15) is 13.2 Å². The van der Waals surface area contributed by atoms with Crippen molar-refractivity contribution in [3.63, 3.8) is 0 Å². The minimum Gasteiger partial charge on any atom is -0.340 e. The van der Waals surface area contributed by atoms with Crippen molar-refractivity contribution in [2.24, 2.45) is 0 Å². The smallest absolute Gasteiger partial charge is 0.340 e. The lowest BCUT2D eigenvalue weighted by molar-refractivity contribution is -0.338. The van der Waals surface area contributed by atoms with E-state index in [1.807, 2.05) is 0 Å². The molecule has 2 atom stereocenters. The van der Waals surface area contributed by atoms with Crippen LogP contribution in [0.25, 0.3) is 0 Å². The molecule has 0 aliphatic carbocycles. The van der Waals surface area contributed by atoms with Crippen LogP contribution in [0.2, 0.25) is 0 Å². The number of hydrogen-bond donors (Lipinski definition) is 0. The van der Waals surface area contributed by atoms with Gasteiger partial charge < -0.3 is 9.47 Å². The van der Waals surface area contributed by atoms with Crippen molar-refractivity contribution in [3.05, 3.63) is 0 Å². The van der Waals surface area contributed by atoms with Gasteiger partial charge in [0.25, 0.3) is 5.79 Å². The second kappa shape index (κ2) is 3.05. The van der Waals surface area contributed by atoms with E-state index >= 15 is 0 Å². The average Bonchev–Trinajstić information content (AvgIpc) is 2.31. The molecule has 1 heterocycles. The summed E-state index contributed by atoms with van der Waals surface area (Å²) in [4.78, 5) is 0. The second-order valence-electron chi connectivity index (χ2n) is 2.65. The molecule has 1 rings (SSSR count). The quantitative estimate of drug-likeness (QED) is 0.608. The van der Waals surface area contributed by atoms with E-state index in [9.17, 15) is 13.2 Å². The molecule has 0 saturated carbocycles. The second-order valence-corrected chi connectivity index (χ2v) is 2.96. The van der Waals surface area contributed by atoms with Crippen molar-refractivity contribution in [2.45, 2.75) is 25.0 Å². The Labute approximate surface area is 72.6 Å². The SMILES string of the molecule is CC1(C(F)(F)F)OCC(CCl)O1. The highest BCUT2D eigenvalue weighted by molar-refractivity contribution is 6.18. The molecule has 0 spiro atoms. The van der Waals surface area contributed by atoms with E-state index in [0.29, 0.717) is 0 Å². The van der Waals surface area contributed by atoms with E-state index in [2.05, 4.69) is 9.47 Å². The lowest BCUT2D eigenvalue weighted by Gasteiger charge is -2.25. The van der Waals surface area contributed by atoms with E-state index < -0.39 is 18.1 Å². The van der Waals surface area contributed by atoms with Crippen LogP contribution in [-0.2, 0) is 9.47 Å². The van der Waals surface area contributed by atoms with Crippen LogP contribution in [0.4, 0.5) is 13.2 Å². The minimum absolute atomic E-state index is 0.00563. The Morgan fingerprint density at radius 3 is 2.42 bits per heavy atom. The van der Waals surface area contributed by atoms with Crippen molar-refractivity contribution in [3.8, 4) is 0 Å². The molecule has 1 aliphatic rings. The lowest BCUT2D eigenvalue weighted by Crippen LogP contribution is -2.43. The molecular formula is C6H8ClF3O2. The third-order valence-electron chi connectivity index (χ3n) is 1.62. The number of rotatable bonds is 1. The number of alkyl halides is 4. The van der Waals surface area contributed by atoms with Crippen molar-refractivity contribution in [1.29, 1.82) is 0 Å². The molecule has 2 unspecified atom stereocenters. The third kappa shape index (κ3) is 1.67. The molecule has 0 amide bonds. The Morgan fingerprint density at radius 1 is 1.58 bits per heavy atom. The predicted octanol–water partition coefficient (Wildman–Crippen LogP) is 1.92. The molecule has 6 heteroatoms. The number of halogens is 4. The third-order valence-corrected chi connectivity index (χ3v) is 1.97. The first-order valence-electron chi connectivity index (χ1n) is 3.33. The maximum absolute atomic E-state index is 12.2. The molecule has 0 aromatic rings. The van der Waals surface area contributed by atoms with E-state index in [0.717, 1.165) is 6.92 Å². The number of ether oxygens (including phenoxy) is 2. The van der Waals surface area contributed by atoms with Crippen molar-refractivity contribution in [1.82, 2.24) is 0 Å². The van der Waals surface area contributed by atoms with E-state index in [4.69, 9.17) is 11.6 Å². The summed E-state index contributed by atoms with van der Waals surface area (Å²) >= 11 is 5.31. The van der Waals surface area contributed by atoms with Crippen LogP contribution >= 0.6 is 11.6 Å². The lowest BCUT2D eigenvalue weighted by atomic mass is 10.3. The van der Waals surface area contributed by atoms with Crippen LogP contribution in [0.5, 0.6) is 0 Å². The molecule has 1 saturated heterocycles. The summed E-state index contributed by atoms with van der Waals surface area (Å²) in [7, 11) is 0. The Balaban J connectivity index is 2.64. The van der Waals surface area contributed by atoms with Gasteiger partial charge in [0, 0.05) is 0 Å². The fourth-order valence-corrected chi connectivity index (χ4v) is 1.01. The molecule has 0 aromatic heterocycles. The molecule has 2 nitrogen and oxygen atoms in total. The highest BCUT2D eigenvalue weighted by atomic mass is 35.5. The topological polar surface area (TPSA) is 18.5 Å². The van der Waals surface area contributed by atoms with Crippen molar-refractivity contribution < 1.29 is 22.6 Å². The molecule has 0 radical (unpaired) electrons. The summed E-state index contributed by atoms with van der Waals surface area (Å²) in [5, 5.41) is 0. The summed E-state index contributed by atoms with van der Waals surface area (Å²) in [5.74, 6) is -2.47. The Hall–Kier alpha value is -0.0000000000000000208. The first-order valence-corrected chi connectivity index (χ1v) is 3.87. The van der Waals surface area contributed by atoms with Gasteiger partial charge in [0.05, 0.1) is 18.6 Å². The fourth-order valence-electron chi connectivity index (χ4n) is 0.863. The largest absolute Gasteiger partial charge is 0.442 e. The summed E-state index contributed by atoms with van der Waals surface area (Å²) in [5.41, 5.74) is 0. The van der Waals surface area contributed by atoms with Crippen LogP contribution in [0.15, 0.2) is 0 Å². The first kappa shape index (κ1) is 10.1. The molecule has 0 aromatic carbocycles. The zero-order chi connectivity index (χ0) is 9.41. The highest BCUT2D eigenvalue weighted by Gasteiger charge is 2.58. The van der Waals surface area contributed by atoms with Crippen molar-refractivity contribution >= 4 is 11.6 Å². The summed E-state index contributed by atoms with van der Waals surface area (Å²) in [6.07, 6.45) is -5.17. The zero-order valence-corrected chi connectivity index (χ0v) is 7.08. The van der Waals surface area contributed by atoms with Gasteiger partial charge >= 0.3 is 6.18 Å². The van der Waals surface area contributed by atoms with Gasteiger partial charge in [0.15, 0.2) is 0 Å². The maximum atomic E-state index is 12.2. The maximum Gasteiger partial charge on any atom is 0.442 e. The first-order chi connectivity index (χ1) is 5.39. The number of hydrogen-bond acceptors (Lipinski definition) is 2. The van der Waals surface area contributed by atoms with Gasteiger partial charge in [-0.3, -0.25) is 0 Å². The zero-order valence-electron chi connectivity index (χ0n) is 6.32. The monoisotopic (exact) mass is 204 g/mol. The summed E-state index contributed by atoms with van der Waals surface area (Å²) in [6, 6.07) is 0. The Morgan fingerprint density at radius 2 is 2.17 bits per heavy atom. The van der Waals surface area contributed by atoms with Crippen molar-refractivity contribution in [2.75, 3.05) is 12.5 Å². The van der Waals surface area contributed by atoms with E-state index in [1.165, 1.54) is 0 Å². The van der Waals surface area contributed by atoms with Gasteiger partial charge in [-0.25, -0.2) is 0 Å². The van der Waals surface area contributed by atoms with Crippen LogP contribution in [0, 0.1) is 0 Å². The van der Waals surface area contributed by atoms with Gasteiger partial charge in [-0.05, 0) is 6.92 Å². The molecule has 1 fully saturated rings. The highest BCUT2D eigenvalue weighted by Crippen LogP contribution is 2.39. The Kier molecular flexibility index (Phi) is 2.56. The molecule has 72 valence electrons. The van der Waals surface area contributed by atoms with Crippen LogP contribution in [-0.4, -0.2) is 30.6 Å². The van der Waals surface area contributed by atoms with Gasteiger partial charge in [-0.15, -0.1) is 11.6 Å². The Bertz CT molecular complexity index is 173. The summed E-state index contributed by atoms with van der Waals surface area (Å²) in [6.45, 7) is 0.735. The normalized spacial score (nSPS) is 37.2. The molecule has 0 bridgehead atoms. The summed E-state index contributed by atoms with van der Waals surface area (Å²) < 4.78 is 45.5. The van der Waals surface area contributed by atoms with Crippen LogP contribution in [0.3, 0.4) is 0 Å².